The van der Waals surface area contributed by atoms with Crippen molar-refractivity contribution >= 4 is 11.6 Å². The Labute approximate surface area is 114 Å². The maximum Gasteiger partial charge on any atom is 0.285 e. The van der Waals surface area contributed by atoms with Gasteiger partial charge in [0.2, 0.25) is 0 Å². The Balaban J connectivity index is 2.37. The molecule has 0 aromatic heterocycles. The minimum Gasteiger partial charge on any atom is -0.339 e. The third kappa shape index (κ3) is 2.61. The van der Waals surface area contributed by atoms with E-state index in [2.05, 4.69) is 0 Å². The summed E-state index contributed by atoms with van der Waals surface area (Å²) in [5.74, 6) is -2.92. The van der Waals surface area contributed by atoms with E-state index in [9.17, 15) is 23.7 Å². The highest BCUT2D eigenvalue weighted by Crippen LogP contribution is 2.35. The number of benzene rings is 1. The second kappa shape index (κ2) is 5.15. The van der Waals surface area contributed by atoms with Gasteiger partial charge in [0, 0.05) is 13.1 Å². The zero-order chi connectivity index (χ0) is 15.0. The van der Waals surface area contributed by atoms with Crippen molar-refractivity contribution in [3.8, 4) is 0 Å². The van der Waals surface area contributed by atoms with Gasteiger partial charge in [-0.25, -0.2) is 8.78 Å². The summed E-state index contributed by atoms with van der Waals surface area (Å²) in [7, 11) is 1.51. The molecule has 5 nitrogen and oxygen atoms in total. The molecule has 108 valence electrons. The first-order chi connectivity index (χ1) is 9.32. The summed E-state index contributed by atoms with van der Waals surface area (Å²) in [6, 6.07) is 0.944. The molecule has 0 N–H and O–H groups in total. The third-order valence-electron chi connectivity index (χ3n) is 3.70. The van der Waals surface area contributed by atoms with Crippen LogP contribution in [0.2, 0.25) is 0 Å². The van der Waals surface area contributed by atoms with Gasteiger partial charge in [0.25, 0.3) is 11.6 Å². The third-order valence-corrected chi connectivity index (χ3v) is 3.70. The highest BCUT2D eigenvalue weighted by molar-refractivity contribution is 5.98. The van der Waals surface area contributed by atoms with Crippen molar-refractivity contribution < 1.29 is 18.5 Å². The second-order valence-corrected chi connectivity index (χ2v) is 5.03. The standard InChI is InChI=1S/C13H14F2N2O3/c1-7(8-3-4-8)16(2)13(18)9-5-10(14)11(15)6-12(9)17(19)20/h5-8H,3-4H2,1-2H3. The van der Waals surface area contributed by atoms with Gasteiger partial charge in [-0.15, -0.1) is 0 Å². The molecule has 1 aliphatic carbocycles. The molecule has 7 heteroatoms. The van der Waals surface area contributed by atoms with Crippen molar-refractivity contribution in [3.63, 3.8) is 0 Å². The molecule has 1 saturated carbocycles. The molecule has 1 aliphatic rings. The zero-order valence-electron chi connectivity index (χ0n) is 11.1. The van der Waals surface area contributed by atoms with Gasteiger partial charge >= 0.3 is 0 Å². The lowest BCUT2D eigenvalue weighted by atomic mass is 10.1. The molecule has 1 amide bonds. The van der Waals surface area contributed by atoms with E-state index in [1.165, 1.54) is 11.9 Å². The highest BCUT2D eigenvalue weighted by atomic mass is 19.2. The number of nitro benzene ring substituents is 1. The molecule has 0 radical (unpaired) electrons. The van der Waals surface area contributed by atoms with Crippen molar-refractivity contribution in [2.75, 3.05) is 7.05 Å². The number of nitro groups is 1. The molecule has 0 aliphatic heterocycles. The molecule has 1 aromatic rings. The minimum atomic E-state index is -1.34. The summed E-state index contributed by atoms with van der Waals surface area (Å²) in [5, 5.41) is 10.9. The number of nitrogens with zero attached hydrogens (tertiary/aromatic N) is 2. The first-order valence-electron chi connectivity index (χ1n) is 6.23. The topological polar surface area (TPSA) is 63.5 Å². The molecule has 20 heavy (non-hydrogen) atoms. The van der Waals surface area contributed by atoms with Crippen LogP contribution in [0.5, 0.6) is 0 Å². The molecule has 2 rings (SSSR count). The molecule has 0 heterocycles. The number of halogens is 2. The van der Waals surface area contributed by atoms with Crippen LogP contribution in [0.25, 0.3) is 0 Å². The second-order valence-electron chi connectivity index (χ2n) is 5.03. The molecule has 0 bridgehead atoms. The van der Waals surface area contributed by atoms with Crippen LogP contribution in [-0.2, 0) is 0 Å². The van der Waals surface area contributed by atoms with Crippen molar-refractivity contribution in [2.45, 2.75) is 25.8 Å². The lowest BCUT2D eigenvalue weighted by Crippen LogP contribution is -2.36. The summed E-state index contributed by atoms with van der Waals surface area (Å²) in [4.78, 5) is 23.6. The van der Waals surface area contributed by atoms with Gasteiger partial charge in [-0.2, -0.15) is 0 Å². The quantitative estimate of drug-likeness (QED) is 0.631. The number of carbonyl (C=O) groups is 1. The average Bonchev–Trinajstić information content (AvgIpc) is 3.23. The summed E-state index contributed by atoms with van der Waals surface area (Å²) in [6.45, 7) is 1.83. The van der Waals surface area contributed by atoms with Gasteiger partial charge in [0.1, 0.15) is 5.56 Å². The summed E-state index contributed by atoms with van der Waals surface area (Å²) in [6.07, 6.45) is 2.00. The Kier molecular flexibility index (Phi) is 3.69. The molecule has 1 atom stereocenters. The summed E-state index contributed by atoms with van der Waals surface area (Å²) < 4.78 is 26.3. The van der Waals surface area contributed by atoms with Crippen LogP contribution in [-0.4, -0.2) is 28.8 Å². The SMILES string of the molecule is CC(C1CC1)N(C)C(=O)c1cc(F)c(F)cc1[N+](=O)[O-]. The highest BCUT2D eigenvalue weighted by Gasteiger charge is 2.35. The molecule has 1 aromatic carbocycles. The predicted molar refractivity (Wildman–Crippen MR) is 67.3 cm³/mol. The average molecular weight is 284 g/mol. The molecule has 1 unspecified atom stereocenters. The van der Waals surface area contributed by atoms with E-state index in [-0.39, 0.29) is 6.04 Å². The number of hydrogen-bond acceptors (Lipinski definition) is 3. The first-order valence-corrected chi connectivity index (χ1v) is 6.23. The monoisotopic (exact) mass is 284 g/mol. The zero-order valence-corrected chi connectivity index (χ0v) is 11.1. The molecule has 1 fully saturated rings. The van der Waals surface area contributed by atoms with Crippen LogP contribution < -0.4 is 0 Å². The summed E-state index contributed by atoms with van der Waals surface area (Å²) in [5.41, 5.74) is -1.15. The van der Waals surface area contributed by atoms with E-state index < -0.39 is 33.7 Å². The Morgan fingerprint density at radius 2 is 1.95 bits per heavy atom. The number of amides is 1. The lowest BCUT2D eigenvalue weighted by molar-refractivity contribution is -0.385. The van der Waals surface area contributed by atoms with Gasteiger partial charge < -0.3 is 4.90 Å². The smallest absolute Gasteiger partial charge is 0.285 e. The largest absolute Gasteiger partial charge is 0.339 e. The van der Waals surface area contributed by atoms with Crippen molar-refractivity contribution in [1.29, 1.82) is 0 Å². The fourth-order valence-corrected chi connectivity index (χ4v) is 2.13. The normalized spacial score (nSPS) is 15.8. The maximum absolute atomic E-state index is 13.3. The summed E-state index contributed by atoms with van der Waals surface area (Å²) >= 11 is 0. The predicted octanol–water partition coefficient (Wildman–Crippen LogP) is 2.74. The molecule has 0 spiro atoms. The number of rotatable bonds is 4. The van der Waals surface area contributed by atoms with Crippen LogP contribution >= 0.6 is 0 Å². The van der Waals surface area contributed by atoms with Crippen molar-refractivity contribution in [2.24, 2.45) is 5.92 Å². The Hall–Kier alpha value is -2.05. The van der Waals surface area contributed by atoms with Crippen LogP contribution in [0, 0.1) is 27.7 Å². The van der Waals surface area contributed by atoms with E-state index in [0.717, 1.165) is 12.8 Å². The number of carbonyl (C=O) groups excluding carboxylic acids is 1. The fourth-order valence-electron chi connectivity index (χ4n) is 2.13. The maximum atomic E-state index is 13.3. The van der Waals surface area contributed by atoms with Crippen LogP contribution in [0.4, 0.5) is 14.5 Å². The minimum absolute atomic E-state index is 0.0878. The molecular weight excluding hydrogens is 270 g/mol. The molecular formula is C13H14F2N2O3. The number of hydrogen-bond donors (Lipinski definition) is 0. The van der Waals surface area contributed by atoms with E-state index in [1.807, 2.05) is 6.92 Å². The van der Waals surface area contributed by atoms with Gasteiger partial charge in [0.05, 0.1) is 11.0 Å². The van der Waals surface area contributed by atoms with Crippen LogP contribution in [0.1, 0.15) is 30.1 Å². The van der Waals surface area contributed by atoms with Crippen LogP contribution in [0.3, 0.4) is 0 Å². The van der Waals surface area contributed by atoms with E-state index >= 15 is 0 Å². The van der Waals surface area contributed by atoms with E-state index in [0.29, 0.717) is 18.1 Å². The van der Waals surface area contributed by atoms with Crippen molar-refractivity contribution in [3.05, 3.63) is 39.4 Å². The Bertz CT molecular complexity index is 573. The van der Waals surface area contributed by atoms with Crippen molar-refractivity contribution in [1.82, 2.24) is 4.90 Å². The van der Waals surface area contributed by atoms with Gasteiger partial charge in [-0.05, 0) is 31.7 Å². The lowest BCUT2D eigenvalue weighted by Gasteiger charge is -2.24. The fraction of sp³-hybridized carbons (Fsp3) is 0.462. The van der Waals surface area contributed by atoms with E-state index in [1.54, 1.807) is 0 Å². The van der Waals surface area contributed by atoms with Gasteiger partial charge in [-0.1, -0.05) is 0 Å². The Morgan fingerprint density at radius 3 is 2.45 bits per heavy atom. The Morgan fingerprint density at radius 1 is 1.40 bits per heavy atom. The van der Waals surface area contributed by atoms with Gasteiger partial charge in [-0.3, -0.25) is 14.9 Å². The molecule has 0 saturated heterocycles. The van der Waals surface area contributed by atoms with E-state index in [4.69, 9.17) is 0 Å². The van der Waals surface area contributed by atoms with Gasteiger partial charge in [0.15, 0.2) is 11.6 Å². The first kappa shape index (κ1) is 14.4. The van der Waals surface area contributed by atoms with Crippen LogP contribution in [0.15, 0.2) is 12.1 Å².